The molecule has 0 saturated heterocycles. The largest absolute Gasteiger partial charge is 0.409 e. The fourth-order valence-corrected chi connectivity index (χ4v) is 3.66. The number of alkyl halides is 3. The van der Waals surface area contributed by atoms with Crippen LogP contribution in [0.15, 0.2) is 18.2 Å². The molecule has 108 valence electrons. The van der Waals surface area contributed by atoms with E-state index in [4.69, 9.17) is 0 Å². The van der Waals surface area contributed by atoms with Crippen LogP contribution in [0.2, 0.25) is 0 Å². The highest BCUT2D eigenvalue weighted by atomic mass is 31.1. The van der Waals surface area contributed by atoms with Crippen molar-refractivity contribution in [2.24, 2.45) is 0 Å². The molecule has 0 bridgehead atoms. The Hall–Kier alpha value is -0.700. The quantitative estimate of drug-likeness (QED) is 0.386. The van der Waals surface area contributed by atoms with Gasteiger partial charge in [0.1, 0.15) is 11.6 Å². The highest BCUT2D eigenvalue weighted by Crippen LogP contribution is 2.53. The van der Waals surface area contributed by atoms with E-state index in [2.05, 4.69) is 0 Å². The molecule has 0 aromatic heterocycles. The van der Waals surface area contributed by atoms with Crippen molar-refractivity contribution in [3.63, 3.8) is 0 Å². The third kappa shape index (κ3) is 5.06. The van der Waals surface area contributed by atoms with Crippen molar-refractivity contribution in [3.8, 4) is 0 Å². The zero-order chi connectivity index (χ0) is 14.5. The first kappa shape index (κ1) is 16.4. The fraction of sp³-hybridized carbons (Fsp3) is 0.538. The van der Waals surface area contributed by atoms with E-state index in [-0.39, 0.29) is 6.16 Å². The maximum absolute atomic E-state index is 13.5. The van der Waals surface area contributed by atoms with Gasteiger partial charge in [-0.2, -0.15) is 13.2 Å². The van der Waals surface area contributed by atoms with Crippen molar-refractivity contribution in [1.82, 2.24) is 0 Å². The van der Waals surface area contributed by atoms with Crippen molar-refractivity contribution >= 4 is 13.2 Å². The van der Waals surface area contributed by atoms with Crippen LogP contribution in [0, 0.1) is 11.6 Å². The summed E-state index contributed by atoms with van der Waals surface area (Å²) in [5, 5.41) is -0.402. The Morgan fingerprint density at radius 1 is 1.05 bits per heavy atom. The molecule has 0 saturated carbocycles. The van der Waals surface area contributed by atoms with Crippen LogP contribution in [-0.2, 0) is 0 Å². The maximum atomic E-state index is 13.5. The molecule has 0 amide bonds. The van der Waals surface area contributed by atoms with Gasteiger partial charge in [0.05, 0.1) is 0 Å². The smallest absolute Gasteiger partial charge is 0.207 e. The van der Waals surface area contributed by atoms with Crippen molar-refractivity contribution in [3.05, 3.63) is 29.8 Å². The number of hydrogen-bond donors (Lipinski definition) is 0. The zero-order valence-electron chi connectivity index (χ0n) is 10.6. The molecule has 0 aliphatic heterocycles. The second kappa shape index (κ2) is 7.18. The SMILES string of the molecule is CCCCCCP(c1ccc(F)cc1F)C(F)(F)F. The van der Waals surface area contributed by atoms with Gasteiger partial charge >= 0.3 is 5.92 Å². The summed E-state index contributed by atoms with van der Waals surface area (Å²) in [6.45, 7) is 1.96. The average Bonchev–Trinajstić information content (AvgIpc) is 2.29. The summed E-state index contributed by atoms with van der Waals surface area (Å²) in [5.41, 5.74) is 0. The number of benzene rings is 1. The Morgan fingerprint density at radius 2 is 1.74 bits per heavy atom. The van der Waals surface area contributed by atoms with Crippen molar-refractivity contribution in [1.29, 1.82) is 0 Å². The van der Waals surface area contributed by atoms with E-state index in [9.17, 15) is 22.0 Å². The zero-order valence-corrected chi connectivity index (χ0v) is 11.5. The van der Waals surface area contributed by atoms with Crippen LogP contribution in [0.5, 0.6) is 0 Å². The molecule has 1 atom stereocenters. The lowest BCUT2D eigenvalue weighted by molar-refractivity contribution is -0.0392. The lowest BCUT2D eigenvalue weighted by Gasteiger charge is -2.21. The first-order chi connectivity index (χ1) is 8.86. The third-order valence-corrected chi connectivity index (χ3v) is 5.06. The van der Waals surface area contributed by atoms with Crippen molar-refractivity contribution < 1.29 is 22.0 Å². The van der Waals surface area contributed by atoms with Crippen LogP contribution < -0.4 is 5.30 Å². The predicted octanol–water partition coefficient (Wildman–Crippen LogP) is 5.17. The van der Waals surface area contributed by atoms with Crippen LogP contribution in [0.4, 0.5) is 22.0 Å². The van der Waals surface area contributed by atoms with E-state index in [0.29, 0.717) is 18.9 Å². The Labute approximate surface area is 110 Å². The standard InChI is InChI=1S/C13H16F5P/c1-2-3-4-5-8-19(13(16,17)18)12-7-6-10(14)9-11(12)15/h6-7,9H,2-5,8H2,1H3. The predicted molar refractivity (Wildman–Crippen MR) is 68.0 cm³/mol. The maximum Gasteiger partial charge on any atom is 0.409 e. The minimum atomic E-state index is -4.44. The van der Waals surface area contributed by atoms with E-state index in [1.807, 2.05) is 6.92 Å². The highest BCUT2D eigenvalue weighted by Gasteiger charge is 2.41. The molecule has 0 heterocycles. The molecule has 0 aliphatic carbocycles. The molecule has 1 aromatic carbocycles. The van der Waals surface area contributed by atoms with Crippen LogP contribution in [-0.4, -0.2) is 12.1 Å². The monoisotopic (exact) mass is 298 g/mol. The summed E-state index contributed by atoms with van der Waals surface area (Å²) in [4.78, 5) is 0. The second-order valence-electron chi connectivity index (χ2n) is 4.28. The Morgan fingerprint density at radius 3 is 2.26 bits per heavy atom. The normalized spacial score (nSPS) is 13.6. The van der Waals surface area contributed by atoms with Crippen LogP contribution in [0.3, 0.4) is 0 Å². The van der Waals surface area contributed by atoms with Gasteiger partial charge in [0.25, 0.3) is 0 Å². The van der Waals surface area contributed by atoms with Gasteiger partial charge in [-0.15, -0.1) is 0 Å². The van der Waals surface area contributed by atoms with Gasteiger partial charge in [-0.25, -0.2) is 8.78 Å². The first-order valence-electron chi connectivity index (χ1n) is 6.15. The van der Waals surface area contributed by atoms with Gasteiger partial charge in [-0.3, -0.25) is 0 Å². The Kier molecular flexibility index (Phi) is 6.18. The summed E-state index contributed by atoms with van der Waals surface area (Å²) in [7, 11) is -2.59. The molecular formula is C13H16F5P. The molecular weight excluding hydrogens is 282 g/mol. The molecule has 19 heavy (non-hydrogen) atoms. The lowest BCUT2D eigenvalue weighted by atomic mass is 10.2. The number of unbranched alkanes of at least 4 members (excludes halogenated alkanes) is 3. The summed E-state index contributed by atoms with van der Waals surface area (Å²) in [6.07, 6.45) is 2.81. The molecule has 1 rings (SSSR count). The van der Waals surface area contributed by atoms with Crippen LogP contribution in [0.1, 0.15) is 32.6 Å². The first-order valence-corrected chi connectivity index (χ1v) is 7.68. The highest BCUT2D eigenvalue weighted by molar-refractivity contribution is 7.66. The van der Waals surface area contributed by atoms with Gasteiger partial charge in [0, 0.05) is 19.3 Å². The molecule has 1 unspecified atom stereocenters. The van der Waals surface area contributed by atoms with Crippen LogP contribution >= 0.6 is 7.92 Å². The van der Waals surface area contributed by atoms with Gasteiger partial charge in [-0.1, -0.05) is 26.2 Å². The van der Waals surface area contributed by atoms with E-state index in [0.717, 1.165) is 25.0 Å². The number of halogens is 5. The molecule has 6 heteroatoms. The summed E-state index contributed by atoms with van der Waals surface area (Å²) in [5.74, 6) is -6.40. The third-order valence-electron chi connectivity index (χ3n) is 2.74. The summed E-state index contributed by atoms with van der Waals surface area (Å²) >= 11 is 0. The minimum absolute atomic E-state index is 0.0958. The minimum Gasteiger partial charge on any atom is -0.207 e. The topological polar surface area (TPSA) is 0 Å². The van der Waals surface area contributed by atoms with Crippen molar-refractivity contribution in [2.45, 2.75) is 38.5 Å². The molecule has 0 nitrogen and oxygen atoms in total. The van der Waals surface area contributed by atoms with E-state index in [1.54, 1.807) is 0 Å². The van der Waals surface area contributed by atoms with Gasteiger partial charge in [-0.05, 0) is 24.7 Å². The number of hydrogen-bond acceptors (Lipinski definition) is 0. The van der Waals surface area contributed by atoms with Gasteiger partial charge in [0.15, 0.2) is 0 Å². The van der Waals surface area contributed by atoms with E-state index >= 15 is 0 Å². The van der Waals surface area contributed by atoms with E-state index < -0.39 is 30.8 Å². The van der Waals surface area contributed by atoms with Crippen molar-refractivity contribution in [2.75, 3.05) is 6.16 Å². The summed E-state index contributed by atoms with van der Waals surface area (Å²) < 4.78 is 65.1. The molecule has 0 aliphatic rings. The lowest BCUT2D eigenvalue weighted by Crippen LogP contribution is -2.20. The molecule has 0 fully saturated rings. The molecule has 0 N–H and O–H groups in total. The van der Waals surface area contributed by atoms with Gasteiger partial charge < -0.3 is 0 Å². The van der Waals surface area contributed by atoms with Crippen LogP contribution in [0.25, 0.3) is 0 Å². The second-order valence-corrected chi connectivity index (χ2v) is 6.57. The fourth-order valence-electron chi connectivity index (χ4n) is 1.78. The molecule has 0 radical (unpaired) electrons. The Balaban J connectivity index is 2.85. The summed E-state index contributed by atoms with van der Waals surface area (Å²) in [6, 6.07) is 2.32. The Bertz CT molecular complexity index is 403. The van der Waals surface area contributed by atoms with Gasteiger partial charge in [0.2, 0.25) is 0 Å². The van der Waals surface area contributed by atoms with E-state index in [1.165, 1.54) is 0 Å². The average molecular weight is 298 g/mol. The molecule has 1 aromatic rings. The molecule has 0 spiro atoms. The number of rotatable bonds is 6.